The molecule has 1 aromatic rings. The molecule has 0 bridgehead atoms. The molecule has 0 unspecified atom stereocenters. The number of benzene rings is 1. The van der Waals surface area contributed by atoms with Gasteiger partial charge in [-0.15, -0.1) is 0 Å². The third kappa shape index (κ3) is 6.22. The van der Waals surface area contributed by atoms with E-state index in [0.29, 0.717) is 6.61 Å². The molecule has 0 aliphatic carbocycles. The lowest BCUT2D eigenvalue weighted by molar-refractivity contribution is 0.200. The van der Waals surface area contributed by atoms with Gasteiger partial charge in [0.2, 0.25) is 0 Å². The van der Waals surface area contributed by atoms with Crippen LogP contribution in [0.2, 0.25) is 0 Å². The molecule has 3 heteroatoms. The fourth-order valence-corrected chi connectivity index (χ4v) is 1.66. The Morgan fingerprint density at radius 1 is 1.37 bits per heavy atom. The molecule has 0 heterocycles. The molecule has 0 spiro atoms. The number of ether oxygens (including phenoxy) is 2. The van der Waals surface area contributed by atoms with Crippen LogP contribution in [-0.2, 0) is 4.74 Å². The number of nitrogens with one attached hydrogen (secondary N) is 1. The van der Waals surface area contributed by atoms with E-state index >= 15 is 0 Å². The molecular weight excluding hydrogens is 238 g/mol. The molecular formula is C16H23NO2. The lowest BCUT2D eigenvalue weighted by Crippen LogP contribution is -2.20. The fraction of sp³-hybridized carbons (Fsp3) is 0.375. The van der Waals surface area contributed by atoms with Crippen LogP contribution in [0.3, 0.4) is 0 Å². The van der Waals surface area contributed by atoms with Crippen LogP contribution >= 0.6 is 0 Å². The van der Waals surface area contributed by atoms with E-state index in [2.05, 4.69) is 31.0 Å². The van der Waals surface area contributed by atoms with Gasteiger partial charge in [0.1, 0.15) is 12.4 Å². The standard InChI is InChI=1S/C16H23NO2/c1-4-10-19-16-8-6-5-7-15(16)12-14(2)13-17-9-11-18-3/h4-8,12,17H,1,9-11,13H2,2-3H3. The van der Waals surface area contributed by atoms with E-state index in [1.165, 1.54) is 5.57 Å². The zero-order valence-electron chi connectivity index (χ0n) is 11.8. The van der Waals surface area contributed by atoms with Crippen molar-refractivity contribution in [3.8, 4) is 5.75 Å². The topological polar surface area (TPSA) is 30.5 Å². The van der Waals surface area contributed by atoms with E-state index in [-0.39, 0.29) is 0 Å². The van der Waals surface area contributed by atoms with E-state index < -0.39 is 0 Å². The predicted octanol–water partition coefficient (Wildman–Crippen LogP) is 2.89. The molecule has 1 aromatic carbocycles. The van der Waals surface area contributed by atoms with Gasteiger partial charge in [0, 0.05) is 25.8 Å². The minimum Gasteiger partial charge on any atom is -0.489 e. The highest BCUT2D eigenvalue weighted by Crippen LogP contribution is 2.20. The molecule has 0 saturated carbocycles. The quantitative estimate of drug-likeness (QED) is 0.547. The average molecular weight is 261 g/mol. The van der Waals surface area contributed by atoms with Gasteiger partial charge in [-0.2, -0.15) is 0 Å². The fourth-order valence-electron chi connectivity index (χ4n) is 1.66. The van der Waals surface area contributed by atoms with Gasteiger partial charge < -0.3 is 14.8 Å². The van der Waals surface area contributed by atoms with Crippen molar-refractivity contribution >= 4 is 6.08 Å². The molecule has 104 valence electrons. The van der Waals surface area contributed by atoms with Gasteiger partial charge in [-0.25, -0.2) is 0 Å². The second kappa shape index (κ2) is 9.36. The van der Waals surface area contributed by atoms with Crippen LogP contribution in [0.25, 0.3) is 6.08 Å². The minimum absolute atomic E-state index is 0.524. The van der Waals surface area contributed by atoms with Crippen molar-refractivity contribution in [2.24, 2.45) is 0 Å². The highest BCUT2D eigenvalue weighted by atomic mass is 16.5. The third-order valence-corrected chi connectivity index (χ3v) is 2.56. The van der Waals surface area contributed by atoms with E-state index in [1.54, 1.807) is 13.2 Å². The van der Waals surface area contributed by atoms with Crippen LogP contribution in [0.4, 0.5) is 0 Å². The number of rotatable bonds is 9. The SMILES string of the molecule is C=CCOc1ccccc1C=C(C)CNCCOC. The van der Waals surface area contributed by atoms with Crippen molar-refractivity contribution in [1.82, 2.24) is 5.32 Å². The van der Waals surface area contributed by atoms with Crippen molar-refractivity contribution in [1.29, 1.82) is 0 Å². The van der Waals surface area contributed by atoms with Crippen LogP contribution in [0.15, 0.2) is 42.5 Å². The Hall–Kier alpha value is -1.58. The third-order valence-electron chi connectivity index (χ3n) is 2.56. The average Bonchev–Trinajstić information content (AvgIpc) is 2.43. The van der Waals surface area contributed by atoms with Crippen LogP contribution in [0, 0.1) is 0 Å². The first kappa shape index (κ1) is 15.5. The summed E-state index contributed by atoms with van der Waals surface area (Å²) in [5.74, 6) is 0.888. The Morgan fingerprint density at radius 3 is 2.89 bits per heavy atom. The first-order chi connectivity index (χ1) is 9.27. The molecule has 0 aromatic heterocycles. The second-order valence-electron chi connectivity index (χ2n) is 4.30. The van der Waals surface area contributed by atoms with Gasteiger partial charge in [0.05, 0.1) is 6.61 Å². The summed E-state index contributed by atoms with van der Waals surface area (Å²) in [5.41, 5.74) is 2.35. The maximum Gasteiger partial charge on any atom is 0.126 e. The predicted molar refractivity (Wildman–Crippen MR) is 80.5 cm³/mol. The monoisotopic (exact) mass is 261 g/mol. The van der Waals surface area contributed by atoms with Crippen molar-refractivity contribution in [3.05, 3.63) is 48.1 Å². The lowest BCUT2D eigenvalue weighted by Gasteiger charge is -2.09. The Morgan fingerprint density at radius 2 is 2.16 bits per heavy atom. The first-order valence-electron chi connectivity index (χ1n) is 6.47. The van der Waals surface area contributed by atoms with Crippen LogP contribution < -0.4 is 10.1 Å². The molecule has 0 radical (unpaired) electrons. The van der Waals surface area contributed by atoms with Crippen molar-refractivity contribution < 1.29 is 9.47 Å². The Kier molecular flexibility index (Phi) is 7.63. The van der Waals surface area contributed by atoms with E-state index in [1.807, 2.05) is 18.2 Å². The number of hydrogen-bond acceptors (Lipinski definition) is 3. The summed E-state index contributed by atoms with van der Waals surface area (Å²) >= 11 is 0. The van der Waals surface area contributed by atoms with Crippen molar-refractivity contribution in [2.45, 2.75) is 6.92 Å². The van der Waals surface area contributed by atoms with Gasteiger partial charge in [-0.1, -0.05) is 42.5 Å². The first-order valence-corrected chi connectivity index (χ1v) is 6.47. The largest absolute Gasteiger partial charge is 0.489 e. The molecule has 0 atom stereocenters. The number of methoxy groups -OCH3 is 1. The molecule has 0 fully saturated rings. The molecule has 0 aliphatic heterocycles. The number of hydrogen-bond donors (Lipinski definition) is 1. The maximum atomic E-state index is 5.63. The maximum absolute atomic E-state index is 5.63. The summed E-state index contributed by atoms with van der Waals surface area (Å²) in [7, 11) is 1.71. The van der Waals surface area contributed by atoms with Crippen molar-refractivity contribution in [2.75, 3.05) is 33.4 Å². The molecule has 19 heavy (non-hydrogen) atoms. The van der Waals surface area contributed by atoms with Gasteiger partial charge >= 0.3 is 0 Å². The Balaban J connectivity index is 2.60. The highest BCUT2D eigenvalue weighted by Gasteiger charge is 2.00. The molecule has 1 N–H and O–H groups in total. The highest BCUT2D eigenvalue weighted by molar-refractivity contribution is 5.59. The zero-order valence-corrected chi connectivity index (χ0v) is 11.8. The molecule has 0 saturated heterocycles. The van der Waals surface area contributed by atoms with Gasteiger partial charge in [-0.05, 0) is 13.0 Å². The molecule has 0 amide bonds. The minimum atomic E-state index is 0.524. The van der Waals surface area contributed by atoms with Gasteiger partial charge in [0.25, 0.3) is 0 Å². The summed E-state index contributed by atoms with van der Waals surface area (Å²) in [4.78, 5) is 0. The Bertz CT molecular complexity index is 413. The van der Waals surface area contributed by atoms with Crippen LogP contribution in [0.5, 0.6) is 5.75 Å². The summed E-state index contributed by atoms with van der Waals surface area (Å²) in [6, 6.07) is 8.01. The van der Waals surface area contributed by atoms with Gasteiger partial charge in [0.15, 0.2) is 0 Å². The normalized spacial score (nSPS) is 11.4. The molecule has 3 nitrogen and oxygen atoms in total. The van der Waals surface area contributed by atoms with Crippen LogP contribution in [0.1, 0.15) is 12.5 Å². The smallest absolute Gasteiger partial charge is 0.126 e. The van der Waals surface area contributed by atoms with E-state index in [0.717, 1.165) is 31.0 Å². The molecule has 1 rings (SSSR count). The number of para-hydroxylation sites is 1. The van der Waals surface area contributed by atoms with Gasteiger partial charge in [-0.3, -0.25) is 0 Å². The van der Waals surface area contributed by atoms with Crippen LogP contribution in [-0.4, -0.2) is 33.4 Å². The van der Waals surface area contributed by atoms with E-state index in [4.69, 9.17) is 9.47 Å². The lowest BCUT2D eigenvalue weighted by atomic mass is 10.1. The summed E-state index contributed by atoms with van der Waals surface area (Å²) in [5, 5.41) is 3.32. The van der Waals surface area contributed by atoms with E-state index in [9.17, 15) is 0 Å². The molecule has 0 aliphatic rings. The second-order valence-corrected chi connectivity index (χ2v) is 4.30. The van der Waals surface area contributed by atoms with Crippen molar-refractivity contribution in [3.63, 3.8) is 0 Å². The Labute approximate surface area is 115 Å². The summed E-state index contributed by atoms with van der Waals surface area (Å²) < 4.78 is 10.6. The summed E-state index contributed by atoms with van der Waals surface area (Å²) in [6.07, 6.45) is 3.89. The summed E-state index contributed by atoms with van der Waals surface area (Å²) in [6.45, 7) is 8.72. The zero-order chi connectivity index (χ0) is 13.9.